The van der Waals surface area contributed by atoms with Crippen LogP contribution in [0.4, 0.5) is 0 Å². The van der Waals surface area contributed by atoms with Crippen molar-refractivity contribution in [3.05, 3.63) is 22.7 Å². The van der Waals surface area contributed by atoms with Crippen molar-refractivity contribution in [3.8, 4) is 11.5 Å². The molecule has 0 spiro atoms. The van der Waals surface area contributed by atoms with Crippen LogP contribution in [0.25, 0.3) is 0 Å². The lowest BCUT2D eigenvalue weighted by Crippen LogP contribution is -2.07. The van der Waals surface area contributed by atoms with E-state index >= 15 is 0 Å². The largest absolute Gasteiger partial charge is 0.493 e. The van der Waals surface area contributed by atoms with E-state index in [-0.39, 0.29) is 0 Å². The summed E-state index contributed by atoms with van der Waals surface area (Å²) in [4.78, 5) is 0. The quantitative estimate of drug-likeness (QED) is 0.672. The molecule has 2 N–H and O–H groups in total. The Labute approximate surface area is 124 Å². The third-order valence-corrected chi connectivity index (χ3v) is 2.92. The van der Waals surface area contributed by atoms with Crippen molar-refractivity contribution in [2.24, 2.45) is 5.73 Å². The highest BCUT2D eigenvalue weighted by atomic mass is 35.5. The van der Waals surface area contributed by atoms with Gasteiger partial charge in [-0.3, -0.25) is 0 Å². The number of hydrogen-bond donors (Lipinski definition) is 1. The Morgan fingerprint density at radius 1 is 1.10 bits per heavy atom. The molecule has 0 heterocycles. The Morgan fingerprint density at radius 3 is 2.55 bits per heavy atom. The molecule has 0 saturated heterocycles. The predicted octanol–water partition coefficient (Wildman–Crippen LogP) is 2.24. The third kappa shape index (κ3) is 5.54. The zero-order chi connectivity index (χ0) is 14.8. The van der Waals surface area contributed by atoms with Crippen molar-refractivity contribution in [3.63, 3.8) is 0 Å². The Bertz CT molecular complexity index is 401. The number of methoxy groups -OCH3 is 2. The van der Waals surface area contributed by atoms with Crippen LogP contribution < -0.4 is 15.2 Å². The topological polar surface area (TPSA) is 62.9 Å². The fourth-order valence-corrected chi connectivity index (χ4v) is 1.90. The summed E-state index contributed by atoms with van der Waals surface area (Å²) in [6, 6.07) is 3.62. The lowest BCUT2D eigenvalue weighted by atomic mass is 10.2. The van der Waals surface area contributed by atoms with E-state index in [4.69, 9.17) is 36.3 Å². The number of benzene rings is 1. The zero-order valence-corrected chi connectivity index (χ0v) is 12.7. The van der Waals surface area contributed by atoms with E-state index in [1.54, 1.807) is 20.3 Å². The summed E-state index contributed by atoms with van der Waals surface area (Å²) in [6.07, 6.45) is 0.766. The maximum absolute atomic E-state index is 6.17. The van der Waals surface area contributed by atoms with Gasteiger partial charge in [0, 0.05) is 26.7 Å². The van der Waals surface area contributed by atoms with Crippen molar-refractivity contribution in [1.82, 2.24) is 0 Å². The van der Waals surface area contributed by atoms with Crippen LogP contribution in [-0.4, -0.2) is 40.6 Å². The highest BCUT2D eigenvalue weighted by molar-refractivity contribution is 6.32. The molecule has 0 radical (unpaired) electrons. The number of nitrogens with two attached hydrogens (primary N) is 1. The normalized spacial score (nSPS) is 10.6. The molecule has 0 saturated carbocycles. The SMILES string of the molecule is COCCOCCCOc1c(Cl)cc(CN)cc1OC. The number of halogens is 1. The van der Waals surface area contributed by atoms with Crippen molar-refractivity contribution < 1.29 is 18.9 Å². The molecule has 20 heavy (non-hydrogen) atoms. The first-order valence-corrected chi connectivity index (χ1v) is 6.86. The molecule has 1 rings (SSSR count). The first-order chi connectivity index (χ1) is 9.72. The fourth-order valence-electron chi connectivity index (χ4n) is 1.61. The third-order valence-electron chi connectivity index (χ3n) is 2.64. The maximum atomic E-state index is 6.17. The first-order valence-electron chi connectivity index (χ1n) is 6.48. The average molecular weight is 304 g/mol. The lowest BCUT2D eigenvalue weighted by Gasteiger charge is -2.13. The Balaban J connectivity index is 2.43. The summed E-state index contributed by atoms with van der Waals surface area (Å²) in [5, 5.41) is 0.505. The lowest BCUT2D eigenvalue weighted by molar-refractivity contribution is 0.0643. The minimum atomic E-state index is 0.406. The summed E-state index contributed by atoms with van der Waals surface area (Å²) in [6.45, 7) is 2.71. The molecule has 0 aliphatic rings. The molecule has 1 aromatic rings. The fraction of sp³-hybridized carbons (Fsp3) is 0.571. The van der Waals surface area contributed by atoms with E-state index in [1.807, 2.05) is 6.07 Å². The van der Waals surface area contributed by atoms with Crippen LogP contribution in [0.1, 0.15) is 12.0 Å². The molecule has 5 nitrogen and oxygen atoms in total. The molecule has 0 aliphatic heterocycles. The summed E-state index contributed by atoms with van der Waals surface area (Å²) in [5.74, 6) is 1.14. The molecule has 0 bridgehead atoms. The summed E-state index contributed by atoms with van der Waals surface area (Å²) >= 11 is 6.17. The summed E-state index contributed by atoms with van der Waals surface area (Å²) in [7, 11) is 3.22. The molecule has 1 aromatic carbocycles. The van der Waals surface area contributed by atoms with Gasteiger partial charge in [-0.15, -0.1) is 0 Å². The van der Waals surface area contributed by atoms with Crippen molar-refractivity contribution in [1.29, 1.82) is 0 Å². The number of rotatable bonds is 10. The van der Waals surface area contributed by atoms with E-state index in [9.17, 15) is 0 Å². The average Bonchev–Trinajstić information content (AvgIpc) is 2.47. The van der Waals surface area contributed by atoms with Gasteiger partial charge in [-0.25, -0.2) is 0 Å². The van der Waals surface area contributed by atoms with Gasteiger partial charge in [-0.2, -0.15) is 0 Å². The zero-order valence-electron chi connectivity index (χ0n) is 12.0. The van der Waals surface area contributed by atoms with Gasteiger partial charge in [0.1, 0.15) is 0 Å². The molecule has 0 fully saturated rings. The molecule has 114 valence electrons. The van der Waals surface area contributed by atoms with Gasteiger partial charge in [0.2, 0.25) is 0 Å². The van der Waals surface area contributed by atoms with Gasteiger partial charge in [-0.05, 0) is 17.7 Å². The molecule has 0 atom stereocenters. The van der Waals surface area contributed by atoms with Gasteiger partial charge in [0.15, 0.2) is 11.5 Å². The number of hydrogen-bond acceptors (Lipinski definition) is 5. The van der Waals surface area contributed by atoms with E-state index in [0.717, 1.165) is 12.0 Å². The van der Waals surface area contributed by atoms with Crippen LogP contribution in [0.5, 0.6) is 11.5 Å². The highest BCUT2D eigenvalue weighted by Gasteiger charge is 2.11. The van der Waals surface area contributed by atoms with Crippen LogP contribution in [0.2, 0.25) is 5.02 Å². The van der Waals surface area contributed by atoms with Crippen LogP contribution in [-0.2, 0) is 16.0 Å². The second-order valence-electron chi connectivity index (χ2n) is 4.12. The summed E-state index contributed by atoms with van der Waals surface area (Å²) < 4.78 is 21.2. The van der Waals surface area contributed by atoms with Crippen LogP contribution in [0.15, 0.2) is 12.1 Å². The Kier molecular flexibility index (Phi) is 8.37. The molecule has 6 heteroatoms. The Morgan fingerprint density at radius 2 is 1.90 bits per heavy atom. The van der Waals surface area contributed by atoms with Crippen molar-refractivity contribution >= 4 is 11.6 Å². The van der Waals surface area contributed by atoms with E-state index in [1.165, 1.54) is 0 Å². The first kappa shape index (κ1) is 17.0. The minimum absolute atomic E-state index is 0.406. The molecule has 0 unspecified atom stereocenters. The number of ether oxygens (including phenoxy) is 4. The molecule has 0 amide bonds. The van der Waals surface area contributed by atoms with Gasteiger partial charge < -0.3 is 24.7 Å². The summed E-state index contributed by atoms with van der Waals surface area (Å²) in [5.41, 5.74) is 6.49. The minimum Gasteiger partial charge on any atom is -0.493 e. The van der Waals surface area contributed by atoms with Crippen molar-refractivity contribution in [2.45, 2.75) is 13.0 Å². The Hall–Kier alpha value is -1.01. The van der Waals surface area contributed by atoms with Crippen LogP contribution in [0, 0.1) is 0 Å². The van der Waals surface area contributed by atoms with Crippen molar-refractivity contribution in [2.75, 3.05) is 40.6 Å². The second-order valence-corrected chi connectivity index (χ2v) is 4.53. The van der Waals surface area contributed by atoms with Gasteiger partial charge in [-0.1, -0.05) is 11.6 Å². The van der Waals surface area contributed by atoms with Crippen LogP contribution >= 0.6 is 11.6 Å². The molecular formula is C14H22ClNO4. The van der Waals surface area contributed by atoms with Gasteiger partial charge in [0.05, 0.1) is 32.0 Å². The maximum Gasteiger partial charge on any atom is 0.179 e. The molecule has 0 aliphatic carbocycles. The van der Waals surface area contributed by atoms with Crippen LogP contribution in [0.3, 0.4) is 0 Å². The predicted molar refractivity (Wildman–Crippen MR) is 78.7 cm³/mol. The van der Waals surface area contributed by atoms with Gasteiger partial charge >= 0.3 is 0 Å². The van der Waals surface area contributed by atoms with E-state index in [0.29, 0.717) is 49.5 Å². The van der Waals surface area contributed by atoms with E-state index < -0.39 is 0 Å². The van der Waals surface area contributed by atoms with E-state index in [2.05, 4.69) is 0 Å². The monoisotopic (exact) mass is 303 g/mol. The molecule has 0 aromatic heterocycles. The standard InChI is InChI=1S/C14H22ClNO4/c1-17-6-7-19-4-3-5-20-14-12(15)8-11(10-16)9-13(14)18-2/h8-9H,3-7,10,16H2,1-2H3. The highest BCUT2D eigenvalue weighted by Crippen LogP contribution is 2.36. The molecular weight excluding hydrogens is 282 g/mol. The smallest absolute Gasteiger partial charge is 0.179 e. The van der Waals surface area contributed by atoms with Gasteiger partial charge in [0.25, 0.3) is 0 Å². The second kappa shape index (κ2) is 9.83.